The van der Waals surface area contributed by atoms with Crippen LogP contribution in [-0.4, -0.2) is 140 Å². The molecule has 12 unspecified atom stereocenters. The van der Waals surface area contributed by atoms with Gasteiger partial charge in [-0.2, -0.15) is 0 Å². The van der Waals surface area contributed by atoms with E-state index in [0.29, 0.717) is 6.42 Å². The number of allylic oxidation sites excluding steroid dienone is 17. The van der Waals surface area contributed by atoms with Gasteiger partial charge in [-0.1, -0.05) is 309 Å². The molecule has 2 aliphatic heterocycles. The van der Waals surface area contributed by atoms with E-state index in [1.165, 1.54) is 167 Å². The molecule has 0 radical (unpaired) electrons. The highest BCUT2D eigenvalue weighted by Gasteiger charge is 2.51. The largest absolute Gasteiger partial charge is 0.394 e. The van der Waals surface area contributed by atoms with Crippen LogP contribution in [0.1, 0.15) is 290 Å². The third-order valence-electron chi connectivity index (χ3n) is 17.7. The molecule has 93 heavy (non-hydrogen) atoms. The van der Waals surface area contributed by atoms with Gasteiger partial charge < -0.3 is 65.1 Å². The standard InChI is InChI=1S/C79H137NO13/c1-3-5-7-9-11-13-15-17-19-21-23-25-27-29-30-31-32-33-34-35-36-37-38-39-41-43-45-47-49-51-53-55-57-59-61-63-71(84)80-67(66-90-78-76(89)74(87)77(70(65-82)92-78)93-79-75(88)73(86)72(85)69(64-81)91-79)68(83)62-60-58-56-54-52-50-48-46-44-42-40-28-26-24-22-20-18-16-14-12-10-8-6-4-2/h5,7,11,13,17,19,23,25,29-30,32-33,35-36,38-39,60,62,67-70,72-79,81-83,85-89H,3-4,6,8-10,12,14-16,18,20-22,24,26-28,31,34,37,40-59,61,63-66H2,1-2H3,(H,80,84)/b7-5-,13-11-,19-17-,25-23-,30-29-,33-32-,36-35-,39-38-,62-60+. The van der Waals surface area contributed by atoms with E-state index in [9.17, 15) is 45.6 Å². The summed E-state index contributed by atoms with van der Waals surface area (Å²) in [6.45, 7) is 2.71. The van der Waals surface area contributed by atoms with Crippen molar-refractivity contribution in [1.82, 2.24) is 5.32 Å². The minimum absolute atomic E-state index is 0.245. The third-order valence-corrected chi connectivity index (χ3v) is 17.7. The summed E-state index contributed by atoms with van der Waals surface area (Å²) in [4.78, 5) is 13.4. The fourth-order valence-corrected chi connectivity index (χ4v) is 11.8. The number of aliphatic hydroxyl groups is 8. The van der Waals surface area contributed by atoms with E-state index in [0.717, 1.165) is 96.3 Å². The Labute approximate surface area is 566 Å². The Kier molecular flexibility index (Phi) is 57.3. The molecule has 2 saturated heterocycles. The van der Waals surface area contributed by atoms with Crippen LogP contribution in [0.5, 0.6) is 0 Å². The molecule has 536 valence electrons. The predicted molar refractivity (Wildman–Crippen MR) is 382 cm³/mol. The average molecular weight is 1310 g/mol. The second-order valence-corrected chi connectivity index (χ2v) is 26.0. The number of amides is 1. The van der Waals surface area contributed by atoms with Crippen LogP contribution < -0.4 is 5.32 Å². The van der Waals surface area contributed by atoms with Crippen LogP contribution in [0.3, 0.4) is 0 Å². The molecule has 2 fully saturated rings. The Bertz CT molecular complexity index is 1980. The van der Waals surface area contributed by atoms with Gasteiger partial charge in [0.2, 0.25) is 5.91 Å². The molecule has 14 heteroatoms. The van der Waals surface area contributed by atoms with Crippen molar-refractivity contribution in [2.45, 2.75) is 364 Å². The van der Waals surface area contributed by atoms with Crippen molar-refractivity contribution in [3.8, 4) is 0 Å². The number of ether oxygens (including phenoxy) is 4. The van der Waals surface area contributed by atoms with Crippen molar-refractivity contribution < 1.29 is 64.6 Å². The van der Waals surface area contributed by atoms with Crippen molar-refractivity contribution >= 4 is 5.91 Å². The van der Waals surface area contributed by atoms with Crippen LogP contribution in [0.15, 0.2) is 109 Å². The van der Waals surface area contributed by atoms with E-state index >= 15 is 0 Å². The third kappa shape index (κ3) is 45.7. The highest BCUT2D eigenvalue weighted by Crippen LogP contribution is 2.30. The lowest BCUT2D eigenvalue weighted by Gasteiger charge is -2.46. The van der Waals surface area contributed by atoms with Crippen molar-refractivity contribution in [3.05, 3.63) is 109 Å². The molecule has 0 spiro atoms. The first-order valence-electron chi connectivity index (χ1n) is 37.6. The molecule has 12 atom stereocenters. The van der Waals surface area contributed by atoms with Gasteiger partial charge >= 0.3 is 0 Å². The van der Waals surface area contributed by atoms with Gasteiger partial charge in [0.1, 0.15) is 48.8 Å². The monoisotopic (exact) mass is 1310 g/mol. The Morgan fingerprint density at radius 3 is 1.14 bits per heavy atom. The predicted octanol–water partition coefficient (Wildman–Crippen LogP) is 16.3. The van der Waals surface area contributed by atoms with Crippen LogP contribution in [0.2, 0.25) is 0 Å². The van der Waals surface area contributed by atoms with Gasteiger partial charge in [-0.05, 0) is 83.5 Å². The molecule has 0 aromatic carbocycles. The van der Waals surface area contributed by atoms with Gasteiger partial charge in [-0.25, -0.2) is 0 Å². The van der Waals surface area contributed by atoms with Gasteiger partial charge in [0, 0.05) is 6.42 Å². The first kappa shape index (κ1) is 85.7. The first-order chi connectivity index (χ1) is 45.6. The number of carbonyl (C=O) groups is 1. The van der Waals surface area contributed by atoms with Crippen LogP contribution >= 0.6 is 0 Å². The van der Waals surface area contributed by atoms with Crippen molar-refractivity contribution in [3.63, 3.8) is 0 Å². The van der Waals surface area contributed by atoms with E-state index in [1.54, 1.807) is 6.08 Å². The Balaban J connectivity index is 1.66. The Morgan fingerprint density at radius 2 is 0.742 bits per heavy atom. The van der Waals surface area contributed by atoms with Gasteiger partial charge in [0.15, 0.2) is 12.6 Å². The normalized spacial score (nSPS) is 23.2. The molecule has 2 rings (SSSR count). The maximum absolute atomic E-state index is 13.4. The first-order valence-corrected chi connectivity index (χ1v) is 37.6. The fraction of sp³-hybridized carbons (Fsp3) is 0.759. The molecule has 0 aliphatic carbocycles. The zero-order chi connectivity index (χ0) is 67.3. The lowest BCUT2D eigenvalue weighted by Crippen LogP contribution is -2.65. The Hall–Kier alpha value is -3.35. The van der Waals surface area contributed by atoms with Crippen LogP contribution in [0, 0.1) is 0 Å². The van der Waals surface area contributed by atoms with Gasteiger partial charge in [0.05, 0.1) is 32.0 Å². The van der Waals surface area contributed by atoms with Crippen LogP contribution in [0.4, 0.5) is 0 Å². The summed E-state index contributed by atoms with van der Waals surface area (Å²) >= 11 is 0. The number of carbonyl (C=O) groups excluding carboxylic acids is 1. The van der Waals surface area contributed by atoms with E-state index in [2.05, 4.69) is 116 Å². The summed E-state index contributed by atoms with van der Waals surface area (Å²) in [6, 6.07) is -0.926. The quantitative estimate of drug-likeness (QED) is 0.0204. The number of aliphatic hydroxyl groups excluding tert-OH is 8. The van der Waals surface area contributed by atoms with Crippen LogP contribution in [-0.2, 0) is 23.7 Å². The van der Waals surface area contributed by atoms with Crippen molar-refractivity contribution in [1.29, 1.82) is 0 Å². The molecule has 0 saturated carbocycles. The molecular weight excluding hydrogens is 1170 g/mol. The average Bonchev–Trinajstić information content (AvgIpc) is 0.854. The molecular formula is C79H137NO13. The summed E-state index contributed by atoms with van der Waals surface area (Å²) in [5, 5.41) is 87.6. The van der Waals surface area contributed by atoms with Crippen molar-refractivity contribution in [2.75, 3.05) is 19.8 Å². The molecule has 1 amide bonds. The fourth-order valence-electron chi connectivity index (χ4n) is 11.8. The van der Waals surface area contributed by atoms with Gasteiger partial charge in [0.25, 0.3) is 0 Å². The lowest BCUT2D eigenvalue weighted by atomic mass is 9.97. The summed E-state index contributed by atoms with van der Waals surface area (Å²) in [5.41, 5.74) is 0. The van der Waals surface area contributed by atoms with E-state index in [1.807, 2.05) is 6.08 Å². The lowest BCUT2D eigenvalue weighted by molar-refractivity contribution is -0.359. The number of hydrogen-bond donors (Lipinski definition) is 9. The SMILES string of the molecule is CC/C=C\C/C=C\C/C=C\C/C=C\C/C=C\C/C=C\C/C=C\C/C=C\CCCCCCCCCCCCC(=O)NC(COC1OC(CO)C(OC2OC(CO)C(O)C(O)C2O)C(O)C1O)C(O)/C=C/CCCCCCCCCCCCCCCCCCCCCCCC. The van der Waals surface area contributed by atoms with E-state index < -0.39 is 86.8 Å². The van der Waals surface area contributed by atoms with E-state index in [4.69, 9.17) is 18.9 Å². The summed E-state index contributed by atoms with van der Waals surface area (Å²) in [7, 11) is 0. The summed E-state index contributed by atoms with van der Waals surface area (Å²) < 4.78 is 22.9. The number of rotatable bonds is 61. The highest BCUT2D eigenvalue weighted by atomic mass is 16.7. The molecule has 0 aromatic heterocycles. The Morgan fingerprint density at radius 1 is 0.398 bits per heavy atom. The van der Waals surface area contributed by atoms with E-state index in [-0.39, 0.29) is 18.9 Å². The zero-order valence-corrected chi connectivity index (χ0v) is 58.5. The highest BCUT2D eigenvalue weighted by molar-refractivity contribution is 5.76. The molecule has 0 aromatic rings. The number of hydrogen-bond acceptors (Lipinski definition) is 13. The number of nitrogens with one attached hydrogen (secondary N) is 1. The smallest absolute Gasteiger partial charge is 0.220 e. The second kappa shape index (κ2) is 62.2. The molecule has 9 N–H and O–H groups in total. The minimum atomic E-state index is -1.79. The summed E-state index contributed by atoms with van der Waals surface area (Å²) in [5.74, 6) is -0.245. The molecule has 2 aliphatic rings. The maximum atomic E-state index is 13.4. The van der Waals surface area contributed by atoms with Gasteiger partial charge in [-0.15, -0.1) is 0 Å². The molecule has 2 heterocycles. The van der Waals surface area contributed by atoms with Crippen molar-refractivity contribution in [2.24, 2.45) is 0 Å². The maximum Gasteiger partial charge on any atom is 0.220 e. The molecule has 0 bridgehead atoms. The minimum Gasteiger partial charge on any atom is -0.394 e. The number of unbranched alkanes of at least 4 members (excludes halogenated alkanes) is 32. The van der Waals surface area contributed by atoms with Crippen LogP contribution in [0.25, 0.3) is 0 Å². The second-order valence-electron chi connectivity index (χ2n) is 26.0. The zero-order valence-electron chi connectivity index (χ0n) is 58.5. The molecule has 14 nitrogen and oxygen atoms in total. The topological polar surface area (TPSA) is 228 Å². The van der Waals surface area contributed by atoms with Gasteiger partial charge in [-0.3, -0.25) is 4.79 Å². The summed E-state index contributed by atoms with van der Waals surface area (Å²) in [6.07, 6.45) is 72.8.